The Labute approximate surface area is 130 Å². The molecule has 2 rings (SSSR count). The monoisotopic (exact) mass is 305 g/mol. The first kappa shape index (κ1) is 16.5. The van der Waals surface area contributed by atoms with Crippen LogP contribution in [-0.4, -0.2) is 22.4 Å². The van der Waals surface area contributed by atoms with E-state index in [1.807, 2.05) is 0 Å². The van der Waals surface area contributed by atoms with Crippen molar-refractivity contribution in [2.24, 2.45) is 5.92 Å². The lowest BCUT2D eigenvalue weighted by atomic mass is 9.89. The van der Waals surface area contributed by atoms with Crippen LogP contribution in [0.4, 0.5) is 0 Å². The van der Waals surface area contributed by atoms with Crippen molar-refractivity contribution >= 4 is 11.8 Å². The molecule has 120 valence electrons. The summed E-state index contributed by atoms with van der Waals surface area (Å²) in [4.78, 5) is 35.8. The van der Waals surface area contributed by atoms with Gasteiger partial charge in [0.15, 0.2) is 5.78 Å². The molecular formula is C17H23NO4. The first-order valence-corrected chi connectivity index (χ1v) is 7.79. The number of rotatable bonds is 4. The van der Waals surface area contributed by atoms with Gasteiger partial charge in [-0.15, -0.1) is 0 Å². The fraction of sp³-hybridized carbons (Fsp3) is 0.588. The first-order valence-electron chi connectivity index (χ1n) is 7.79. The van der Waals surface area contributed by atoms with Gasteiger partial charge in [-0.2, -0.15) is 0 Å². The molecule has 0 spiro atoms. The molecule has 5 heteroatoms. The molecule has 0 aromatic carbocycles. The maximum Gasteiger partial charge on any atom is 0.326 e. The van der Waals surface area contributed by atoms with Crippen LogP contribution in [0.15, 0.2) is 16.9 Å². The molecule has 0 amide bonds. The predicted molar refractivity (Wildman–Crippen MR) is 83.0 cm³/mol. The molecule has 0 unspecified atom stereocenters. The van der Waals surface area contributed by atoms with Crippen molar-refractivity contribution in [2.45, 2.75) is 59.1 Å². The van der Waals surface area contributed by atoms with Gasteiger partial charge >= 0.3 is 5.97 Å². The SMILES string of the molecule is CC(=O)c1ccc(C)n(CC(=O)OC2CCC(C)CC2)c1=O. The number of hydrogen-bond donors (Lipinski definition) is 0. The van der Waals surface area contributed by atoms with Crippen LogP contribution < -0.4 is 5.56 Å². The van der Waals surface area contributed by atoms with E-state index in [-0.39, 0.29) is 24.0 Å². The quantitative estimate of drug-likeness (QED) is 0.633. The van der Waals surface area contributed by atoms with Gasteiger partial charge < -0.3 is 9.30 Å². The molecule has 1 aliphatic rings. The summed E-state index contributed by atoms with van der Waals surface area (Å²) in [6.45, 7) is 5.14. The second-order valence-corrected chi connectivity index (χ2v) is 6.21. The second-order valence-electron chi connectivity index (χ2n) is 6.21. The van der Waals surface area contributed by atoms with Crippen LogP contribution in [0.3, 0.4) is 0 Å². The van der Waals surface area contributed by atoms with Gasteiger partial charge in [-0.3, -0.25) is 14.4 Å². The minimum Gasteiger partial charge on any atom is -0.461 e. The Bertz CT molecular complexity index is 624. The Balaban J connectivity index is 2.07. The first-order chi connectivity index (χ1) is 10.4. The third-order valence-electron chi connectivity index (χ3n) is 4.32. The van der Waals surface area contributed by atoms with E-state index in [9.17, 15) is 14.4 Å². The molecule has 0 atom stereocenters. The van der Waals surface area contributed by atoms with Gasteiger partial charge in [-0.25, -0.2) is 0 Å². The molecule has 1 aromatic heterocycles. The normalized spacial score (nSPS) is 21.4. The molecule has 0 radical (unpaired) electrons. The summed E-state index contributed by atoms with van der Waals surface area (Å²) in [5.41, 5.74) is 0.316. The number of pyridine rings is 1. The van der Waals surface area contributed by atoms with Crippen LogP contribution in [-0.2, 0) is 16.1 Å². The van der Waals surface area contributed by atoms with E-state index >= 15 is 0 Å². The Morgan fingerprint density at radius 2 is 1.86 bits per heavy atom. The minimum atomic E-state index is -0.429. The number of ether oxygens (including phenoxy) is 1. The number of hydrogen-bond acceptors (Lipinski definition) is 4. The van der Waals surface area contributed by atoms with Crippen molar-refractivity contribution < 1.29 is 14.3 Å². The number of carbonyl (C=O) groups excluding carboxylic acids is 2. The van der Waals surface area contributed by atoms with Crippen molar-refractivity contribution in [1.29, 1.82) is 0 Å². The summed E-state index contributed by atoms with van der Waals surface area (Å²) in [6.07, 6.45) is 3.85. The summed E-state index contributed by atoms with van der Waals surface area (Å²) in [6, 6.07) is 3.18. The fourth-order valence-corrected chi connectivity index (χ4v) is 2.83. The number of nitrogens with zero attached hydrogens (tertiary/aromatic N) is 1. The number of ketones is 1. The number of aromatic nitrogens is 1. The molecule has 0 N–H and O–H groups in total. The Hall–Kier alpha value is -1.91. The highest BCUT2D eigenvalue weighted by Gasteiger charge is 2.22. The van der Waals surface area contributed by atoms with E-state index in [0.717, 1.165) is 25.7 Å². The van der Waals surface area contributed by atoms with Gasteiger partial charge in [0.2, 0.25) is 0 Å². The average Bonchev–Trinajstić information content (AvgIpc) is 2.45. The highest BCUT2D eigenvalue weighted by Crippen LogP contribution is 2.25. The Morgan fingerprint density at radius 1 is 1.23 bits per heavy atom. The van der Waals surface area contributed by atoms with E-state index in [1.165, 1.54) is 17.6 Å². The third kappa shape index (κ3) is 3.84. The Kier molecular flexibility index (Phi) is 5.16. The lowest BCUT2D eigenvalue weighted by Gasteiger charge is -2.26. The smallest absolute Gasteiger partial charge is 0.326 e. The molecule has 1 heterocycles. The van der Waals surface area contributed by atoms with Crippen LogP contribution >= 0.6 is 0 Å². The summed E-state index contributed by atoms with van der Waals surface area (Å²) >= 11 is 0. The van der Waals surface area contributed by atoms with Crippen molar-refractivity contribution in [3.05, 3.63) is 33.7 Å². The van der Waals surface area contributed by atoms with E-state index in [0.29, 0.717) is 11.6 Å². The van der Waals surface area contributed by atoms with E-state index < -0.39 is 11.5 Å². The van der Waals surface area contributed by atoms with Gasteiger partial charge in [0, 0.05) is 5.69 Å². The fourth-order valence-electron chi connectivity index (χ4n) is 2.83. The maximum atomic E-state index is 12.2. The summed E-state index contributed by atoms with van der Waals surface area (Å²) < 4.78 is 6.78. The molecule has 5 nitrogen and oxygen atoms in total. The van der Waals surface area contributed by atoms with Crippen LogP contribution in [0.5, 0.6) is 0 Å². The lowest BCUT2D eigenvalue weighted by molar-refractivity contribution is -0.151. The lowest BCUT2D eigenvalue weighted by Crippen LogP contribution is -2.32. The van der Waals surface area contributed by atoms with E-state index in [4.69, 9.17) is 4.74 Å². The molecule has 1 fully saturated rings. The van der Waals surface area contributed by atoms with Crippen molar-refractivity contribution in [2.75, 3.05) is 0 Å². The Morgan fingerprint density at radius 3 is 2.45 bits per heavy atom. The topological polar surface area (TPSA) is 65.4 Å². The van der Waals surface area contributed by atoms with Crippen molar-refractivity contribution in [1.82, 2.24) is 4.57 Å². The molecule has 1 aromatic rings. The number of Topliss-reactive ketones (excluding diaryl/α,β-unsaturated/α-hetero) is 1. The second kappa shape index (κ2) is 6.90. The number of aryl methyl sites for hydroxylation is 1. The van der Waals surface area contributed by atoms with Gasteiger partial charge in [-0.05, 0) is 57.6 Å². The molecule has 0 saturated heterocycles. The largest absolute Gasteiger partial charge is 0.461 e. The molecule has 0 bridgehead atoms. The van der Waals surface area contributed by atoms with Gasteiger partial charge in [0.1, 0.15) is 12.6 Å². The predicted octanol–water partition coefficient (Wildman–Crippen LogP) is 2.48. The highest BCUT2D eigenvalue weighted by molar-refractivity contribution is 5.93. The van der Waals surface area contributed by atoms with Crippen LogP contribution in [0.1, 0.15) is 55.6 Å². The van der Waals surface area contributed by atoms with Crippen molar-refractivity contribution in [3.8, 4) is 0 Å². The molecule has 0 aliphatic heterocycles. The minimum absolute atomic E-state index is 0.0457. The zero-order valence-corrected chi connectivity index (χ0v) is 13.4. The molecule has 22 heavy (non-hydrogen) atoms. The van der Waals surface area contributed by atoms with Gasteiger partial charge in [0.25, 0.3) is 5.56 Å². The van der Waals surface area contributed by atoms with Crippen LogP contribution in [0.25, 0.3) is 0 Å². The summed E-state index contributed by atoms with van der Waals surface area (Å²) in [5, 5.41) is 0. The number of esters is 1. The molecular weight excluding hydrogens is 282 g/mol. The summed E-state index contributed by atoms with van der Waals surface area (Å²) in [7, 11) is 0. The van der Waals surface area contributed by atoms with E-state index in [2.05, 4.69) is 6.92 Å². The van der Waals surface area contributed by atoms with E-state index in [1.54, 1.807) is 13.0 Å². The zero-order valence-electron chi connectivity index (χ0n) is 13.4. The van der Waals surface area contributed by atoms with Gasteiger partial charge in [-0.1, -0.05) is 6.92 Å². The third-order valence-corrected chi connectivity index (χ3v) is 4.32. The van der Waals surface area contributed by atoms with Crippen molar-refractivity contribution in [3.63, 3.8) is 0 Å². The molecule has 1 aliphatic carbocycles. The maximum absolute atomic E-state index is 12.2. The highest BCUT2D eigenvalue weighted by atomic mass is 16.5. The van der Waals surface area contributed by atoms with Crippen LogP contribution in [0.2, 0.25) is 0 Å². The average molecular weight is 305 g/mol. The number of carbonyl (C=O) groups is 2. The van der Waals surface area contributed by atoms with Gasteiger partial charge in [0.05, 0.1) is 5.56 Å². The standard InChI is InChI=1S/C17H23NO4/c1-11-4-7-14(8-5-11)22-16(20)10-18-12(2)6-9-15(13(3)19)17(18)21/h6,9,11,14H,4-5,7-8,10H2,1-3H3. The zero-order chi connectivity index (χ0) is 16.3. The molecule has 1 saturated carbocycles. The summed E-state index contributed by atoms with van der Waals surface area (Å²) in [5.74, 6) is -0.0223. The van der Waals surface area contributed by atoms with Crippen LogP contribution in [0, 0.1) is 12.8 Å².